The van der Waals surface area contributed by atoms with E-state index in [-0.39, 0.29) is 47.2 Å². The van der Waals surface area contributed by atoms with Gasteiger partial charge in [-0.05, 0) is 131 Å². The van der Waals surface area contributed by atoms with Crippen LogP contribution in [0.25, 0.3) is 27.4 Å². The number of alkyl carbamates (subject to hydrolysis) is 1. The lowest BCUT2D eigenvalue weighted by Crippen LogP contribution is -2.62. The van der Waals surface area contributed by atoms with Crippen molar-refractivity contribution in [2.45, 2.75) is 154 Å². The van der Waals surface area contributed by atoms with Crippen molar-refractivity contribution in [1.82, 2.24) is 9.72 Å². The van der Waals surface area contributed by atoms with Crippen LogP contribution in [0.4, 0.5) is 4.79 Å². The number of hydrogen-bond donors (Lipinski definition) is 4. The molecule has 2 unspecified atom stereocenters. The molecule has 5 aliphatic carbocycles. The number of allylic oxidation sites excluding steroid dienone is 1. The predicted molar refractivity (Wildman–Crippen MR) is 217 cm³/mol. The lowest BCUT2D eigenvalue weighted by Gasteiger charge is -2.64. The Labute approximate surface area is 326 Å². The van der Waals surface area contributed by atoms with Crippen molar-refractivity contribution in [2.75, 3.05) is 6.61 Å². The molecule has 8 heteroatoms. The van der Waals surface area contributed by atoms with E-state index in [1.165, 1.54) is 23.1 Å². The van der Waals surface area contributed by atoms with Crippen molar-refractivity contribution >= 4 is 33.5 Å². The molecule has 296 valence electrons. The molecule has 3 aromatic rings. The molecule has 6 aliphatic rings. The summed E-state index contributed by atoms with van der Waals surface area (Å²) >= 11 is 0. The van der Waals surface area contributed by atoms with E-state index in [4.69, 9.17) is 9.47 Å². The number of aromatic nitrogens is 1. The largest absolute Gasteiger partial charge is 0.505 e. The van der Waals surface area contributed by atoms with Gasteiger partial charge in [0.15, 0.2) is 0 Å². The maximum atomic E-state index is 12.6. The van der Waals surface area contributed by atoms with Crippen LogP contribution in [0, 0.1) is 28.6 Å². The number of nitrogens with one attached hydrogen (secondary N) is 1. The fourth-order valence-corrected chi connectivity index (χ4v) is 13.8. The third kappa shape index (κ3) is 4.95. The Balaban J connectivity index is 1.14. The Morgan fingerprint density at radius 1 is 1.05 bits per heavy atom. The summed E-state index contributed by atoms with van der Waals surface area (Å²) in [6.45, 7) is 22.0. The molecule has 8 atom stereocenters. The van der Waals surface area contributed by atoms with Crippen molar-refractivity contribution in [1.29, 1.82) is 0 Å². The van der Waals surface area contributed by atoms with Crippen LogP contribution in [0.3, 0.4) is 0 Å². The first-order valence-corrected chi connectivity index (χ1v) is 21.1. The summed E-state index contributed by atoms with van der Waals surface area (Å²) in [6.07, 6.45) is 14.7. The third-order valence-corrected chi connectivity index (χ3v) is 16.2. The van der Waals surface area contributed by atoms with Gasteiger partial charge in [0, 0.05) is 44.8 Å². The quantitative estimate of drug-likeness (QED) is 0.193. The summed E-state index contributed by atoms with van der Waals surface area (Å²) in [5.74, 6) is 0.515. The highest BCUT2D eigenvalue weighted by Crippen LogP contribution is 2.71. The molecule has 1 amide bonds. The monoisotopic (exact) mass is 750 g/mol. The van der Waals surface area contributed by atoms with Gasteiger partial charge in [-0.25, -0.2) is 4.79 Å². The summed E-state index contributed by atoms with van der Waals surface area (Å²) in [7, 11) is 0. The fraction of sp³-hybridized carbons (Fsp3) is 0.638. The van der Waals surface area contributed by atoms with E-state index in [0.29, 0.717) is 12.3 Å². The number of ether oxygens (including phenoxy) is 2. The summed E-state index contributed by atoms with van der Waals surface area (Å²) in [5.41, 5.74) is 5.97. The maximum absolute atomic E-state index is 12.6. The van der Waals surface area contributed by atoms with Crippen molar-refractivity contribution in [3.05, 3.63) is 59.0 Å². The van der Waals surface area contributed by atoms with Crippen LogP contribution in [-0.4, -0.2) is 55.8 Å². The van der Waals surface area contributed by atoms with Crippen molar-refractivity contribution in [3.63, 3.8) is 0 Å². The van der Waals surface area contributed by atoms with Gasteiger partial charge in [0.05, 0.1) is 34.6 Å². The second-order valence-corrected chi connectivity index (χ2v) is 20.1. The SMILES string of the molecule is C=C(C)c1c(O)c2c3c(cc4c5c(n1c42)[C@@]1(C)C(CC[C@H]2[C@](C)(C=CCOC(=O)NC4CCCCC4)[C@@H](O)CC[C@@]21C)C5)C1=CC(C)(C)OC(C)(C)C1[C@@H]3O. The molecule has 3 fully saturated rings. The minimum atomic E-state index is -0.828. The van der Waals surface area contributed by atoms with E-state index < -0.39 is 28.8 Å². The van der Waals surface area contributed by atoms with Crippen LogP contribution in [0.5, 0.6) is 5.75 Å². The van der Waals surface area contributed by atoms with E-state index >= 15 is 0 Å². The molecule has 0 radical (unpaired) electrons. The highest BCUT2D eigenvalue weighted by Gasteiger charge is 2.67. The minimum absolute atomic E-state index is 0.172. The first-order chi connectivity index (χ1) is 25.9. The molecule has 1 aromatic carbocycles. The van der Waals surface area contributed by atoms with E-state index in [1.807, 2.05) is 13.0 Å². The molecule has 0 bridgehead atoms. The molecular weight excluding hydrogens is 689 g/mol. The van der Waals surface area contributed by atoms with Crippen LogP contribution in [-0.2, 0) is 21.3 Å². The summed E-state index contributed by atoms with van der Waals surface area (Å²) in [5, 5.41) is 41.4. The average molecular weight is 751 g/mol. The van der Waals surface area contributed by atoms with Gasteiger partial charge in [0.2, 0.25) is 0 Å². The second kappa shape index (κ2) is 12.1. The minimum Gasteiger partial charge on any atom is -0.505 e. The number of aliphatic hydroxyl groups is 2. The summed E-state index contributed by atoms with van der Waals surface area (Å²) in [6, 6.07) is 2.52. The number of aliphatic hydroxyl groups excluding tert-OH is 2. The van der Waals surface area contributed by atoms with Gasteiger partial charge >= 0.3 is 6.09 Å². The summed E-state index contributed by atoms with van der Waals surface area (Å²) in [4.78, 5) is 12.6. The van der Waals surface area contributed by atoms with Crippen LogP contribution >= 0.6 is 0 Å². The van der Waals surface area contributed by atoms with E-state index in [1.54, 1.807) is 0 Å². The first kappa shape index (κ1) is 37.3. The zero-order chi connectivity index (χ0) is 39.2. The standard InChI is InChI=1S/C47H62N2O6/c1-25(2)37-40(52)35-34-28(31-24-43(3,4)55-44(5,6)36(31)39(34)51)23-29-30-22-26-16-17-32-45(7,19-13-21-54-42(53)48-27-14-11-10-12-15-27)33(50)18-20-46(32,8)47(26,9)41(30)49(37)38(29)35/h13,19,23-24,26-27,32-33,36,39,50-52H,1,10-12,14-18,20-22H2,2-9H3,(H,48,53)/t26?,32-,33-,36?,39+,45-,46-,47+/m0/s1. The Kier molecular flexibility index (Phi) is 8.19. The van der Waals surface area contributed by atoms with Crippen molar-refractivity contribution in [3.8, 4) is 5.75 Å². The highest BCUT2D eigenvalue weighted by atomic mass is 16.5. The van der Waals surface area contributed by atoms with Gasteiger partial charge in [-0.2, -0.15) is 0 Å². The number of nitrogens with zero attached hydrogens (tertiary/aromatic N) is 1. The van der Waals surface area contributed by atoms with Crippen LogP contribution < -0.4 is 5.32 Å². The Bertz CT molecular complexity index is 2170. The maximum Gasteiger partial charge on any atom is 0.407 e. The molecule has 3 heterocycles. The number of amides is 1. The number of hydrogen-bond acceptors (Lipinski definition) is 6. The molecule has 2 aromatic heterocycles. The van der Waals surface area contributed by atoms with Crippen molar-refractivity contribution < 1.29 is 29.6 Å². The van der Waals surface area contributed by atoms with Gasteiger partial charge in [-0.3, -0.25) is 0 Å². The van der Waals surface area contributed by atoms with Gasteiger partial charge in [-0.15, -0.1) is 0 Å². The molecule has 55 heavy (non-hydrogen) atoms. The normalized spacial score (nSPS) is 36.3. The lowest BCUT2D eigenvalue weighted by molar-refractivity contribution is -0.144. The molecule has 4 N–H and O–H groups in total. The van der Waals surface area contributed by atoms with E-state index in [0.717, 1.165) is 90.2 Å². The topological polar surface area (TPSA) is 113 Å². The van der Waals surface area contributed by atoms with Gasteiger partial charge in [0.1, 0.15) is 12.4 Å². The van der Waals surface area contributed by atoms with E-state index in [9.17, 15) is 20.1 Å². The van der Waals surface area contributed by atoms with Gasteiger partial charge in [0.25, 0.3) is 0 Å². The number of aromatic hydroxyl groups is 1. The Morgan fingerprint density at radius 2 is 1.78 bits per heavy atom. The van der Waals surface area contributed by atoms with Crippen LogP contribution in [0.1, 0.15) is 147 Å². The zero-order valence-electron chi connectivity index (χ0n) is 34.3. The molecule has 3 saturated carbocycles. The zero-order valence-corrected chi connectivity index (χ0v) is 34.3. The number of rotatable bonds is 5. The molecule has 0 spiro atoms. The van der Waals surface area contributed by atoms with Crippen molar-refractivity contribution in [2.24, 2.45) is 28.6 Å². The highest BCUT2D eigenvalue weighted by molar-refractivity contribution is 6.11. The second-order valence-electron chi connectivity index (χ2n) is 20.1. The molecule has 1 aliphatic heterocycles. The fourth-order valence-electron chi connectivity index (χ4n) is 13.8. The third-order valence-electron chi connectivity index (χ3n) is 16.2. The van der Waals surface area contributed by atoms with Gasteiger partial charge < -0.3 is 34.5 Å². The lowest BCUT2D eigenvalue weighted by atomic mass is 9.40. The predicted octanol–water partition coefficient (Wildman–Crippen LogP) is 9.53. The molecule has 8 nitrogen and oxygen atoms in total. The number of carbonyl (C=O) groups excluding carboxylic acids is 1. The Morgan fingerprint density at radius 3 is 2.49 bits per heavy atom. The van der Waals surface area contributed by atoms with Gasteiger partial charge in [-0.1, -0.05) is 58.8 Å². The smallest absolute Gasteiger partial charge is 0.407 e. The molecule has 0 saturated heterocycles. The molecule has 9 rings (SSSR count). The first-order valence-electron chi connectivity index (χ1n) is 21.1. The van der Waals surface area contributed by atoms with E-state index in [2.05, 4.69) is 83.0 Å². The number of benzene rings is 1. The number of fused-ring (bicyclic) bond motifs is 11. The Hall–Kier alpha value is -3.33. The molecular formula is C47H62N2O6. The number of carbonyl (C=O) groups is 1. The summed E-state index contributed by atoms with van der Waals surface area (Å²) < 4.78 is 14.5. The average Bonchev–Trinajstić information content (AvgIpc) is 3.78. The van der Waals surface area contributed by atoms with Crippen LogP contribution in [0.2, 0.25) is 0 Å². The van der Waals surface area contributed by atoms with Crippen LogP contribution in [0.15, 0.2) is 30.9 Å².